The predicted octanol–water partition coefficient (Wildman–Crippen LogP) is 2.37. The van der Waals surface area contributed by atoms with Crippen LogP contribution in [-0.2, 0) is 6.18 Å². The van der Waals surface area contributed by atoms with E-state index >= 15 is 0 Å². The molecule has 1 aromatic rings. The van der Waals surface area contributed by atoms with E-state index in [4.69, 9.17) is 11.5 Å². The van der Waals surface area contributed by atoms with Gasteiger partial charge in [0.05, 0.1) is 15.7 Å². The van der Waals surface area contributed by atoms with Gasteiger partial charge in [-0.2, -0.15) is 13.2 Å². The summed E-state index contributed by atoms with van der Waals surface area (Å²) in [4.78, 5) is 3.56. The zero-order valence-corrected chi connectivity index (χ0v) is 8.93. The number of benzene rings is 1. The van der Waals surface area contributed by atoms with E-state index in [0.717, 1.165) is 6.07 Å². The molecule has 1 rings (SSSR count). The van der Waals surface area contributed by atoms with E-state index < -0.39 is 11.7 Å². The average Bonchev–Trinajstić information content (AvgIpc) is 2.05. The zero-order valence-electron chi connectivity index (χ0n) is 7.35. The van der Waals surface area contributed by atoms with Gasteiger partial charge in [0.25, 0.3) is 0 Å². The summed E-state index contributed by atoms with van der Waals surface area (Å²) in [5.74, 6) is -0.296. The van der Waals surface area contributed by atoms with Gasteiger partial charge in [-0.05, 0) is 28.1 Å². The molecule has 0 aromatic heterocycles. The van der Waals surface area contributed by atoms with Gasteiger partial charge >= 0.3 is 6.18 Å². The number of hydrogen-bond acceptors (Lipinski definition) is 1. The Morgan fingerprint density at radius 3 is 2.33 bits per heavy atom. The normalized spacial score (nSPS) is 11.2. The van der Waals surface area contributed by atoms with Crippen LogP contribution in [-0.4, -0.2) is 5.96 Å². The number of rotatable bonds is 1. The predicted molar refractivity (Wildman–Crippen MR) is 54.6 cm³/mol. The molecule has 7 heteroatoms. The first-order chi connectivity index (χ1) is 6.82. The third-order valence-corrected chi connectivity index (χ3v) is 2.37. The molecule has 0 aliphatic rings. The van der Waals surface area contributed by atoms with Gasteiger partial charge in [0.2, 0.25) is 0 Å². The standard InChI is InChI=1S/C8H7BrF3N3/c9-6-4(8(10,11)12)2-1-3-5(6)15-7(13)14/h1-3H,(H4,13,14,15). The monoisotopic (exact) mass is 281 g/mol. The molecule has 3 nitrogen and oxygen atoms in total. The fourth-order valence-electron chi connectivity index (χ4n) is 0.964. The Labute approximate surface area is 92.1 Å². The van der Waals surface area contributed by atoms with E-state index in [1.54, 1.807) is 0 Å². The number of guanidine groups is 1. The van der Waals surface area contributed by atoms with Crippen LogP contribution < -0.4 is 11.5 Å². The lowest BCUT2D eigenvalue weighted by molar-refractivity contribution is -0.138. The van der Waals surface area contributed by atoms with Gasteiger partial charge in [0.15, 0.2) is 5.96 Å². The Hall–Kier alpha value is -1.24. The van der Waals surface area contributed by atoms with Crippen LogP contribution in [0.1, 0.15) is 5.56 Å². The topological polar surface area (TPSA) is 64.4 Å². The number of nitrogens with zero attached hydrogens (tertiary/aromatic N) is 1. The molecule has 1 aromatic carbocycles. The maximum Gasteiger partial charge on any atom is 0.417 e. The van der Waals surface area contributed by atoms with Crippen LogP contribution in [0, 0.1) is 0 Å². The van der Waals surface area contributed by atoms with Crippen molar-refractivity contribution in [1.29, 1.82) is 0 Å². The molecule has 0 bridgehead atoms. The fraction of sp³-hybridized carbons (Fsp3) is 0.125. The molecule has 0 amide bonds. The molecule has 0 saturated heterocycles. The Bertz CT molecular complexity index is 397. The molecule has 0 aliphatic heterocycles. The second kappa shape index (κ2) is 4.09. The van der Waals surface area contributed by atoms with Gasteiger partial charge in [-0.15, -0.1) is 0 Å². The highest BCUT2D eigenvalue weighted by atomic mass is 79.9. The van der Waals surface area contributed by atoms with Gasteiger partial charge in [-0.1, -0.05) is 6.07 Å². The van der Waals surface area contributed by atoms with Gasteiger partial charge in [0, 0.05) is 0 Å². The van der Waals surface area contributed by atoms with E-state index in [9.17, 15) is 13.2 Å². The molecule has 0 radical (unpaired) electrons. The summed E-state index contributed by atoms with van der Waals surface area (Å²) in [6.07, 6.45) is -4.44. The highest BCUT2D eigenvalue weighted by Crippen LogP contribution is 2.39. The molecule has 15 heavy (non-hydrogen) atoms. The molecule has 0 aliphatic carbocycles. The molecule has 0 spiro atoms. The largest absolute Gasteiger partial charge is 0.417 e. The van der Waals surface area contributed by atoms with E-state index in [0.29, 0.717) is 0 Å². The lowest BCUT2D eigenvalue weighted by Crippen LogP contribution is -2.22. The van der Waals surface area contributed by atoms with Crippen molar-refractivity contribution in [2.75, 3.05) is 0 Å². The van der Waals surface area contributed by atoms with Crippen molar-refractivity contribution in [3.63, 3.8) is 0 Å². The highest BCUT2D eigenvalue weighted by Gasteiger charge is 2.33. The zero-order chi connectivity index (χ0) is 11.6. The minimum absolute atomic E-state index is 0.0461. The summed E-state index contributed by atoms with van der Waals surface area (Å²) in [7, 11) is 0. The Morgan fingerprint density at radius 2 is 1.87 bits per heavy atom. The van der Waals surface area contributed by atoms with E-state index in [2.05, 4.69) is 20.9 Å². The van der Waals surface area contributed by atoms with Crippen LogP contribution in [0.15, 0.2) is 27.7 Å². The summed E-state index contributed by atoms with van der Waals surface area (Å²) in [6, 6.07) is 3.55. The van der Waals surface area contributed by atoms with Crippen LogP contribution >= 0.6 is 15.9 Å². The Morgan fingerprint density at radius 1 is 1.27 bits per heavy atom. The lowest BCUT2D eigenvalue weighted by atomic mass is 10.2. The number of alkyl halides is 3. The quantitative estimate of drug-likeness (QED) is 0.613. The van der Waals surface area contributed by atoms with Gasteiger partial charge < -0.3 is 11.5 Å². The van der Waals surface area contributed by atoms with Crippen molar-refractivity contribution in [3.05, 3.63) is 28.2 Å². The van der Waals surface area contributed by atoms with Crippen molar-refractivity contribution >= 4 is 27.6 Å². The Kier molecular flexibility index (Phi) is 3.23. The number of hydrogen-bond donors (Lipinski definition) is 2. The maximum absolute atomic E-state index is 12.4. The van der Waals surface area contributed by atoms with Gasteiger partial charge in [-0.25, -0.2) is 4.99 Å². The summed E-state index contributed by atoms with van der Waals surface area (Å²) >= 11 is 2.81. The van der Waals surface area contributed by atoms with Crippen LogP contribution in [0.4, 0.5) is 18.9 Å². The minimum atomic E-state index is -4.44. The molecule has 0 heterocycles. The van der Waals surface area contributed by atoms with Crippen molar-refractivity contribution in [1.82, 2.24) is 0 Å². The second-order valence-electron chi connectivity index (χ2n) is 2.67. The molecular weight excluding hydrogens is 275 g/mol. The van der Waals surface area contributed by atoms with Crippen LogP contribution in [0.2, 0.25) is 0 Å². The molecule has 4 N–H and O–H groups in total. The van der Waals surface area contributed by atoms with Crippen LogP contribution in [0.5, 0.6) is 0 Å². The summed E-state index contributed by atoms with van der Waals surface area (Å²) in [5.41, 5.74) is 9.39. The van der Waals surface area contributed by atoms with Gasteiger partial charge in [0.1, 0.15) is 0 Å². The highest BCUT2D eigenvalue weighted by molar-refractivity contribution is 9.10. The summed E-state index contributed by atoms with van der Waals surface area (Å²) in [5, 5.41) is 0. The average molecular weight is 282 g/mol. The molecule has 82 valence electrons. The molecule has 0 fully saturated rings. The summed E-state index contributed by atoms with van der Waals surface area (Å²) < 4.78 is 37.1. The third-order valence-electron chi connectivity index (χ3n) is 1.53. The molecule has 0 atom stereocenters. The second-order valence-corrected chi connectivity index (χ2v) is 3.47. The van der Waals surface area contributed by atoms with E-state index in [1.807, 2.05) is 0 Å². The van der Waals surface area contributed by atoms with Crippen LogP contribution in [0.25, 0.3) is 0 Å². The fourth-order valence-corrected chi connectivity index (χ4v) is 1.54. The smallest absolute Gasteiger partial charge is 0.370 e. The number of aliphatic imine (C=N–C) groups is 1. The van der Waals surface area contributed by atoms with Gasteiger partial charge in [-0.3, -0.25) is 0 Å². The number of nitrogens with two attached hydrogens (primary N) is 2. The molecule has 0 saturated carbocycles. The molecule has 0 unspecified atom stereocenters. The summed E-state index contributed by atoms with van der Waals surface area (Å²) in [6.45, 7) is 0. The first-order valence-corrected chi connectivity index (χ1v) is 4.57. The van der Waals surface area contributed by atoms with Crippen molar-refractivity contribution in [2.45, 2.75) is 6.18 Å². The molecular formula is C8H7BrF3N3. The third kappa shape index (κ3) is 2.85. The van der Waals surface area contributed by atoms with E-state index in [1.165, 1.54) is 12.1 Å². The lowest BCUT2D eigenvalue weighted by Gasteiger charge is -2.10. The van der Waals surface area contributed by atoms with Crippen molar-refractivity contribution in [3.8, 4) is 0 Å². The minimum Gasteiger partial charge on any atom is -0.370 e. The first-order valence-electron chi connectivity index (χ1n) is 3.77. The van der Waals surface area contributed by atoms with Crippen molar-refractivity contribution in [2.24, 2.45) is 16.5 Å². The maximum atomic E-state index is 12.4. The Balaban J connectivity index is 3.30. The number of halogens is 4. The van der Waals surface area contributed by atoms with Crippen molar-refractivity contribution < 1.29 is 13.2 Å². The first kappa shape index (κ1) is 11.8. The SMILES string of the molecule is NC(N)=Nc1cccc(C(F)(F)F)c1Br. The van der Waals surface area contributed by atoms with E-state index in [-0.39, 0.29) is 16.1 Å². The van der Waals surface area contributed by atoms with Crippen LogP contribution in [0.3, 0.4) is 0 Å².